The van der Waals surface area contributed by atoms with Crippen molar-refractivity contribution in [2.45, 2.75) is 51.2 Å². The lowest BCUT2D eigenvalue weighted by Gasteiger charge is -2.34. The summed E-state index contributed by atoms with van der Waals surface area (Å²) in [6.07, 6.45) is 4.10. The number of carbonyl (C=O) groups excluding carboxylic acids is 2. The lowest BCUT2D eigenvalue weighted by atomic mass is 9.71. The van der Waals surface area contributed by atoms with E-state index in [4.69, 9.17) is 4.74 Å². The molecule has 0 unspecified atom stereocenters. The first-order chi connectivity index (χ1) is 9.71. The molecule has 0 amide bonds. The van der Waals surface area contributed by atoms with Gasteiger partial charge in [-0.1, -0.05) is 30.3 Å². The van der Waals surface area contributed by atoms with Crippen LogP contribution in [0.15, 0.2) is 30.3 Å². The molecule has 2 fully saturated rings. The molecule has 1 spiro atoms. The molecule has 106 valence electrons. The average Bonchev–Trinajstić information content (AvgIpc) is 2.76. The number of Topliss-reactive ketones (excluding diaryl/α,β-unsaturated/α-hetero) is 2. The SMILES string of the molecule is O=C1CCC(=O)C12CCC(OCc1ccccc1)CC2. The van der Waals surface area contributed by atoms with Crippen LogP contribution in [-0.4, -0.2) is 17.7 Å². The lowest BCUT2D eigenvalue weighted by Crippen LogP contribution is -2.39. The van der Waals surface area contributed by atoms with Crippen LogP contribution < -0.4 is 0 Å². The second kappa shape index (κ2) is 5.49. The van der Waals surface area contributed by atoms with Crippen molar-refractivity contribution >= 4 is 11.6 Å². The lowest BCUT2D eigenvalue weighted by molar-refractivity contribution is -0.139. The molecule has 3 heteroatoms. The van der Waals surface area contributed by atoms with Gasteiger partial charge in [0, 0.05) is 12.8 Å². The molecule has 2 aliphatic rings. The van der Waals surface area contributed by atoms with Crippen LogP contribution in [0.5, 0.6) is 0 Å². The van der Waals surface area contributed by atoms with Crippen LogP contribution in [0.2, 0.25) is 0 Å². The Morgan fingerprint density at radius 2 is 1.60 bits per heavy atom. The third-order valence-corrected chi connectivity index (χ3v) is 4.76. The first-order valence-corrected chi connectivity index (χ1v) is 7.43. The molecule has 1 aromatic carbocycles. The molecule has 0 aromatic heterocycles. The van der Waals surface area contributed by atoms with Gasteiger partial charge in [-0.2, -0.15) is 0 Å². The second-order valence-electron chi connectivity index (χ2n) is 5.92. The van der Waals surface area contributed by atoms with Crippen LogP contribution >= 0.6 is 0 Å². The Morgan fingerprint density at radius 3 is 2.20 bits per heavy atom. The summed E-state index contributed by atoms with van der Waals surface area (Å²) in [6, 6.07) is 10.1. The predicted molar refractivity (Wildman–Crippen MR) is 75.2 cm³/mol. The fourth-order valence-corrected chi connectivity index (χ4v) is 3.46. The maximum Gasteiger partial charge on any atom is 0.146 e. The fourth-order valence-electron chi connectivity index (χ4n) is 3.46. The average molecular weight is 272 g/mol. The number of rotatable bonds is 3. The van der Waals surface area contributed by atoms with E-state index in [1.54, 1.807) is 0 Å². The van der Waals surface area contributed by atoms with Crippen LogP contribution in [-0.2, 0) is 20.9 Å². The number of carbonyl (C=O) groups is 2. The van der Waals surface area contributed by atoms with Gasteiger partial charge in [-0.15, -0.1) is 0 Å². The molecule has 0 heterocycles. The maximum absolute atomic E-state index is 12.0. The molecule has 0 bridgehead atoms. The molecule has 0 radical (unpaired) electrons. The Kier molecular flexibility index (Phi) is 3.70. The van der Waals surface area contributed by atoms with Crippen molar-refractivity contribution in [1.29, 1.82) is 0 Å². The van der Waals surface area contributed by atoms with Gasteiger partial charge < -0.3 is 4.74 Å². The summed E-state index contributed by atoms with van der Waals surface area (Å²) < 4.78 is 5.92. The first-order valence-electron chi connectivity index (χ1n) is 7.43. The Hall–Kier alpha value is -1.48. The summed E-state index contributed by atoms with van der Waals surface area (Å²) in [5.41, 5.74) is 0.535. The van der Waals surface area contributed by atoms with E-state index in [-0.39, 0.29) is 17.7 Å². The van der Waals surface area contributed by atoms with Crippen LogP contribution in [0.25, 0.3) is 0 Å². The van der Waals surface area contributed by atoms with Gasteiger partial charge in [0.1, 0.15) is 11.6 Å². The van der Waals surface area contributed by atoms with Gasteiger partial charge in [-0.3, -0.25) is 9.59 Å². The van der Waals surface area contributed by atoms with E-state index in [9.17, 15) is 9.59 Å². The zero-order valence-electron chi connectivity index (χ0n) is 11.6. The minimum absolute atomic E-state index is 0.170. The third kappa shape index (κ3) is 2.42. The molecule has 1 aromatic rings. The molecule has 0 N–H and O–H groups in total. The first kappa shape index (κ1) is 13.5. The Bertz CT molecular complexity index is 480. The number of benzene rings is 1. The van der Waals surface area contributed by atoms with E-state index < -0.39 is 5.41 Å². The van der Waals surface area contributed by atoms with Crippen molar-refractivity contribution in [3.05, 3.63) is 35.9 Å². The largest absolute Gasteiger partial charge is 0.374 e. The highest BCUT2D eigenvalue weighted by atomic mass is 16.5. The molecular formula is C17H20O3. The van der Waals surface area contributed by atoms with E-state index in [2.05, 4.69) is 0 Å². The highest BCUT2D eigenvalue weighted by Crippen LogP contribution is 2.44. The van der Waals surface area contributed by atoms with Crippen LogP contribution in [0.4, 0.5) is 0 Å². The highest BCUT2D eigenvalue weighted by molar-refractivity contribution is 6.12. The zero-order valence-corrected chi connectivity index (χ0v) is 11.6. The van der Waals surface area contributed by atoms with E-state index in [1.165, 1.54) is 5.56 Å². The maximum atomic E-state index is 12.0. The number of ether oxygens (including phenoxy) is 1. The highest BCUT2D eigenvalue weighted by Gasteiger charge is 2.50. The van der Waals surface area contributed by atoms with Crippen LogP contribution in [0.1, 0.15) is 44.1 Å². The standard InChI is InChI=1S/C17H20O3/c18-15-6-7-16(19)17(15)10-8-14(9-11-17)20-12-13-4-2-1-3-5-13/h1-5,14H,6-12H2. The number of hydrogen-bond donors (Lipinski definition) is 0. The van der Waals surface area contributed by atoms with Crippen molar-refractivity contribution in [3.8, 4) is 0 Å². The molecule has 2 saturated carbocycles. The molecule has 20 heavy (non-hydrogen) atoms. The van der Waals surface area contributed by atoms with Crippen LogP contribution in [0, 0.1) is 5.41 Å². The minimum atomic E-state index is -0.632. The summed E-state index contributed by atoms with van der Waals surface area (Å²) >= 11 is 0. The fraction of sp³-hybridized carbons (Fsp3) is 0.529. The molecule has 0 saturated heterocycles. The quantitative estimate of drug-likeness (QED) is 0.794. The Balaban J connectivity index is 1.54. The van der Waals surface area contributed by atoms with Gasteiger partial charge in [0.15, 0.2) is 0 Å². The normalized spacial score (nSPS) is 22.6. The summed E-state index contributed by atoms with van der Waals surface area (Å²) in [7, 11) is 0. The van der Waals surface area contributed by atoms with E-state index in [0.717, 1.165) is 12.8 Å². The van der Waals surface area contributed by atoms with Gasteiger partial charge in [0.05, 0.1) is 18.1 Å². The second-order valence-corrected chi connectivity index (χ2v) is 5.92. The van der Waals surface area contributed by atoms with Gasteiger partial charge in [-0.25, -0.2) is 0 Å². The van der Waals surface area contributed by atoms with Gasteiger partial charge in [0.25, 0.3) is 0 Å². The molecule has 0 atom stereocenters. The van der Waals surface area contributed by atoms with Gasteiger partial charge in [-0.05, 0) is 31.2 Å². The van der Waals surface area contributed by atoms with Crippen molar-refractivity contribution in [2.24, 2.45) is 5.41 Å². The molecular weight excluding hydrogens is 252 g/mol. The Labute approximate surface area is 119 Å². The molecule has 3 nitrogen and oxygen atoms in total. The van der Waals surface area contributed by atoms with Crippen LogP contribution in [0.3, 0.4) is 0 Å². The van der Waals surface area contributed by atoms with E-state index in [1.807, 2.05) is 30.3 Å². The third-order valence-electron chi connectivity index (χ3n) is 4.76. The number of hydrogen-bond acceptors (Lipinski definition) is 3. The minimum Gasteiger partial charge on any atom is -0.374 e. The molecule has 2 aliphatic carbocycles. The Morgan fingerprint density at radius 1 is 1.00 bits per heavy atom. The summed E-state index contributed by atoms with van der Waals surface area (Å²) in [5.74, 6) is 0.341. The van der Waals surface area contributed by atoms with E-state index in [0.29, 0.717) is 32.3 Å². The summed E-state index contributed by atoms with van der Waals surface area (Å²) in [4.78, 5) is 24.0. The molecule has 3 rings (SSSR count). The topological polar surface area (TPSA) is 43.4 Å². The summed E-state index contributed by atoms with van der Waals surface area (Å²) in [5, 5.41) is 0. The van der Waals surface area contributed by atoms with Gasteiger partial charge >= 0.3 is 0 Å². The van der Waals surface area contributed by atoms with Gasteiger partial charge in [0.2, 0.25) is 0 Å². The van der Waals surface area contributed by atoms with E-state index >= 15 is 0 Å². The van der Waals surface area contributed by atoms with Crippen molar-refractivity contribution in [1.82, 2.24) is 0 Å². The van der Waals surface area contributed by atoms with Crippen molar-refractivity contribution in [2.75, 3.05) is 0 Å². The smallest absolute Gasteiger partial charge is 0.146 e. The number of ketones is 2. The molecule has 0 aliphatic heterocycles. The van der Waals surface area contributed by atoms with Crippen molar-refractivity contribution < 1.29 is 14.3 Å². The monoisotopic (exact) mass is 272 g/mol. The predicted octanol–water partition coefficient (Wildman–Crippen LogP) is 3.06. The van der Waals surface area contributed by atoms with Crippen molar-refractivity contribution in [3.63, 3.8) is 0 Å². The summed E-state index contributed by atoms with van der Waals surface area (Å²) in [6.45, 7) is 0.612. The zero-order chi connectivity index (χ0) is 14.0.